The van der Waals surface area contributed by atoms with E-state index < -0.39 is 0 Å². The number of benzene rings is 1. The van der Waals surface area contributed by atoms with E-state index >= 15 is 0 Å². The lowest BCUT2D eigenvalue weighted by molar-refractivity contribution is -0.106. The van der Waals surface area contributed by atoms with E-state index in [-0.39, 0.29) is 11.2 Å². The van der Waals surface area contributed by atoms with Gasteiger partial charge in [-0.2, -0.15) is 0 Å². The zero-order chi connectivity index (χ0) is 12.8. The van der Waals surface area contributed by atoms with Gasteiger partial charge in [-0.25, -0.2) is 4.79 Å². The second kappa shape index (κ2) is 3.96. The third kappa shape index (κ3) is 1.67. The summed E-state index contributed by atoms with van der Waals surface area (Å²) in [6.07, 6.45) is 0.874. The molecule has 1 fully saturated rings. The Morgan fingerprint density at radius 2 is 2.22 bits per heavy atom. The van der Waals surface area contributed by atoms with Gasteiger partial charge >= 0.3 is 5.76 Å². The zero-order valence-electron chi connectivity index (χ0n) is 10.3. The third-order valence-corrected chi connectivity index (χ3v) is 3.68. The maximum Gasteiger partial charge on any atom is 0.419 e. The Balaban J connectivity index is 1.98. The Bertz CT molecular complexity index is 632. The van der Waals surface area contributed by atoms with Gasteiger partial charge in [0, 0.05) is 19.0 Å². The van der Waals surface area contributed by atoms with Crippen LogP contribution in [0.15, 0.2) is 27.4 Å². The number of ether oxygens (including phenoxy) is 1. The van der Waals surface area contributed by atoms with E-state index in [9.17, 15) is 4.79 Å². The van der Waals surface area contributed by atoms with E-state index in [1.165, 1.54) is 4.57 Å². The summed E-state index contributed by atoms with van der Waals surface area (Å²) in [5.74, 6) is -0.331. The van der Waals surface area contributed by atoms with Gasteiger partial charge in [0.1, 0.15) is 0 Å². The molecule has 1 aromatic carbocycles. The van der Waals surface area contributed by atoms with Crippen LogP contribution in [0.3, 0.4) is 0 Å². The van der Waals surface area contributed by atoms with Gasteiger partial charge in [-0.1, -0.05) is 6.07 Å². The number of aromatic nitrogens is 1. The molecule has 0 unspecified atom stereocenters. The van der Waals surface area contributed by atoms with Crippen LogP contribution >= 0.6 is 0 Å². The van der Waals surface area contributed by atoms with Crippen molar-refractivity contribution in [3.8, 4) is 0 Å². The summed E-state index contributed by atoms with van der Waals surface area (Å²) in [4.78, 5) is 11.4. The van der Waals surface area contributed by atoms with Crippen LogP contribution in [-0.2, 0) is 18.2 Å². The molecule has 0 radical (unpaired) electrons. The third-order valence-electron chi connectivity index (χ3n) is 3.68. The molecule has 0 bridgehead atoms. The summed E-state index contributed by atoms with van der Waals surface area (Å²) in [6, 6.07) is 5.83. The minimum Gasteiger partial charge on any atom is -0.408 e. The van der Waals surface area contributed by atoms with Crippen molar-refractivity contribution >= 4 is 11.1 Å². The summed E-state index contributed by atoms with van der Waals surface area (Å²) < 4.78 is 11.9. The molecule has 18 heavy (non-hydrogen) atoms. The summed E-state index contributed by atoms with van der Waals surface area (Å²) in [5.41, 5.74) is 8.48. The van der Waals surface area contributed by atoms with Crippen molar-refractivity contribution in [3.63, 3.8) is 0 Å². The van der Waals surface area contributed by atoms with Gasteiger partial charge in [0.05, 0.1) is 18.7 Å². The normalized spacial score (nSPS) is 17.9. The van der Waals surface area contributed by atoms with Gasteiger partial charge in [-0.15, -0.1) is 0 Å². The number of nitrogens with zero attached hydrogens (tertiary/aromatic N) is 1. The maximum atomic E-state index is 11.4. The van der Waals surface area contributed by atoms with Gasteiger partial charge in [-0.05, 0) is 24.1 Å². The van der Waals surface area contributed by atoms with Gasteiger partial charge in [0.2, 0.25) is 0 Å². The van der Waals surface area contributed by atoms with E-state index in [1.807, 2.05) is 18.2 Å². The largest absolute Gasteiger partial charge is 0.419 e. The average molecular weight is 248 g/mol. The summed E-state index contributed by atoms with van der Waals surface area (Å²) in [6.45, 7) is 2.05. The lowest BCUT2D eigenvalue weighted by Crippen LogP contribution is -2.49. The Hall–Kier alpha value is -1.59. The SMILES string of the molecule is Cn1c(=O)oc2ccc(CC3(CN)COC3)cc21. The van der Waals surface area contributed by atoms with Crippen LogP contribution in [0, 0.1) is 5.41 Å². The minimum absolute atomic E-state index is 0.0658. The van der Waals surface area contributed by atoms with E-state index in [0.29, 0.717) is 25.3 Å². The molecule has 0 saturated carbocycles. The Kier molecular flexibility index (Phi) is 2.53. The van der Waals surface area contributed by atoms with Crippen molar-refractivity contribution in [3.05, 3.63) is 34.3 Å². The van der Waals surface area contributed by atoms with Crippen molar-refractivity contribution in [2.75, 3.05) is 19.8 Å². The fraction of sp³-hybridized carbons (Fsp3) is 0.462. The van der Waals surface area contributed by atoms with Crippen molar-refractivity contribution in [1.82, 2.24) is 4.57 Å². The molecular formula is C13H16N2O3. The van der Waals surface area contributed by atoms with Gasteiger partial charge in [0.25, 0.3) is 0 Å². The van der Waals surface area contributed by atoms with Crippen LogP contribution in [0.2, 0.25) is 0 Å². The van der Waals surface area contributed by atoms with Gasteiger partial charge in [0.15, 0.2) is 5.58 Å². The molecule has 1 aromatic heterocycles. The second-order valence-electron chi connectivity index (χ2n) is 5.10. The predicted molar refractivity (Wildman–Crippen MR) is 67.5 cm³/mol. The van der Waals surface area contributed by atoms with Crippen LogP contribution < -0.4 is 11.5 Å². The molecule has 0 spiro atoms. The maximum absolute atomic E-state index is 11.4. The van der Waals surface area contributed by atoms with Gasteiger partial charge < -0.3 is 14.9 Å². The predicted octanol–water partition coefficient (Wildman–Crippen LogP) is 0.649. The number of fused-ring (bicyclic) bond motifs is 1. The molecule has 96 valence electrons. The highest BCUT2D eigenvalue weighted by molar-refractivity contribution is 5.73. The van der Waals surface area contributed by atoms with Crippen LogP contribution in [0.4, 0.5) is 0 Å². The average Bonchev–Trinajstić information content (AvgIpc) is 2.60. The highest BCUT2D eigenvalue weighted by atomic mass is 16.5. The van der Waals surface area contributed by atoms with E-state index in [0.717, 1.165) is 17.5 Å². The molecule has 0 aliphatic carbocycles. The number of aryl methyl sites for hydroxylation is 1. The van der Waals surface area contributed by atoms with Crippen molar-refractivity contribution in [2.45, 2.75) is 6.42 Å². The second-order valence-corrected chi connectivity index (χ2v) is 5.10. The lowest BCUT2D eigenvalue weighted by Gasteiger charge is -2.40. The number of rotatable bonds is 3. The molecule has 1 saturated heterocycles. The molecule has 1 aliphatic heterocycles. The smallest absolute Gasteiger partial charge is 0.408 e. The first-order chi connectivity index (χ1) is 8.63. The molecule has 0 atom stereocenters. The zero-order valence-corrected chi connectivity index (χ0v) is 10.3. The summed E-state index contributed by atoms with van der Waals surface area (Å²) in [5, 5.41) is 0. The van der Waals surface area contributed by atoms with Crippen LogP contribution in [0.25, 0.3) is 11.1 Å². The highest BCUT2D eigenvalue weighted by Gasteiger charge is 2.37. The van der Waals surface area contributed by atoms with Crippen LogP contribution in [-0.4, -0.2) is 24.3 Å². The minimum atomic E-state index is -0.331. The lowest BCUT2D eigenvalue weighted by atomic mass is 9.80. The fourth-order valence-corrected chi connectivity index (χ4v) is 2.40. The van der Waals surface area contributed by atoms with Crippen molar-refractivity contribution in [2.24, 2.45) is 18.2 Å². The topological polar surface area (TPSA) is 70.4 Å². The van der Waals surface area contributed by atoms with E-state index in [2.05, 4.69) is 0 Å². The molecule has 2 N–H and O–H groups in total. The summed E-state index contributed by atoms with van der Waals surface area (Å²) >= 11 is 0. The molecule has 0 amide bonds. The van der Waals surface area contributed by atoms with Crippen molar-refractivity contribution in [1.29, 1.82) is 0 Å². The van der Waals surface area contributed by atoms with Crippen LogP contribution in [0.5, 0.6) is 0 Å². The fourth-order valence-electron chi connectivity index (χ4n) is 2.40. The number of hydrogen-bond donors (Lipinski definition) is 1. The molecule has 2 heterocycles. The van der Waals surface area contributed by atoms with E-state index in [4.69, 9.17) is 14.9 Å². The molecule has 5 nitrogen and oxygen atoms in total. The first-order valence-electron chi connectivity index (χ1n) is 6.00. The first-order valence-corrected chi connectivity index (χ1v) is 6.00. The number of nitrogens with two attached hydrogens (primary N) is 1. The Morgan fingerprint density at radius 1 is 1.44 bits per heavy atom. The molecule has 3 rings (SSSR count). The first kappa shape index (κ1) is 11.5. The van der Waals surface area contributed by atoms with Crippen LogP contribution in [0.1, 0.15) is 5.56 Å². The Labute approximate surface area is 104 Å². The Morgan fingerprint density at radius 3 is 2.83 bits per heavy atom. The number of oxazole rings is 1. The molecule has 1 aliphatic rings. The van der Waals surface area contributed by atoms with Gasteiger partial charge in [-0.3, -0.25) is 4.57 Å². The monoisotopic (exact) mass is 248 g/mol. The summed E-state index contributed by atoms with van der Waals surface area (Å²) in [7, 11) is 1.71. The molecule has 5 heteroatoms. The molecule has 2 aromatic rings. The number of hydrogen-bond acceptors (Lipinski definition) is 4. The van der Waals surface area contributed by atoms with Crippen molar-refractivity contribution < 1.29 is 9.15 Å². The standard InChI is InChI=1S/C13H16N2O3/c1-15-10-4-9(2-3-11(10)18-12(15)16)5-13(6-14)7-17-8-13/h2-4H,5-8,14H2,1H3. The highest BCUT2D eigenvalue weighted by Crippen LogP contribution is 2.31. The quantitative estimate of drug-likeness (QED) is 0.865. The van der Waals surface area contributed by atoms with E-state index in [1.54, 1.807) is 7.05 Å². The molecular weight excluding hydrogens is 232 g/mol.